The number of hydrogen-bond donors (Lipinski definition) is 3. The van der Waals surface area contributed by atoms with Gasteiger partial charge in [0.15, 0.2) is 0 Å². The molecule has 6 nitrogen and oxygen atoms in total. The van der Waals surface area contributed by atoms with Crippen LogP contribution in [0.25, 0.3) is 0 Å². The van der Waals surface area contributed by atoms with Crippen LogP contribution in [0.2, 0.25) is 0 Å². The number of hydrogen-bond acceptors (Lipinski definition) is 7. The highest BCUT2D eigenvalue weighted by Gasteiger charge is 2.04. The van der Waals surface area contributed by atoms with E-state index in [0.717, 1.165) is 22.4 Å². The van der Waals surface area contributed by atoms with E-state index in [1.807, 2.05) is 5.38 Å². The standard InChI is InChI=1S/C9H11BrN6S/c10-6-5-14-9(16-11)15-8(6)13-2-1-7-12-3-4-17-7/h3-5H,1-2,11H2,(H2,13,14,15,16). The van der Waals surface area contributed by atoms with Crippen LogP contribution in [0.1, 0.15) is 5.01 Å². The average Bonchev–Trinajstić information content (AvgIpc) is 2.84. The summed E-state index contributed by atoms with van der Waals surface area (Å²) in [5.74, 6) is 6.34. The van der Waals surface area contributed by atoms with Crippen LogP contribution in [-0.2, 0) is 6.42 Å². The van der Waals surface area contributed by atoms with Gasteiger partial charge in [-0.25, -0.2) is 15.8 Å². The Morgan fingerprint density at radius 1 is 1.41 bits per heavy atom. The summed E-state index contributed by atoms with van der Waals surface area (Å²) in [6.45, 7) is 0.757. The summed E-state index contributed by atoms with van der Waals surface area (Å²) in [7, 11) is 0. The highest BCUT2D eigenvalue weighted by atomic mass is 79.9. The minimum absolute atomic E-state index is 0.380. The molecule has 0 aliphatic rings. The Morgan fingerprint density at radius 2 is 2.29 bits per heavy atom. The van der Waals surface area contributed by atoms with E-state index < -0.39 is 0 Å². The third kappa shape index (κ3) is 3.35. The van der Waals surface area contributed by atoms with Crippen molar-refractivity contribution in [1.29, 1.82) is 0 Å². The molecule has 8 heteroatoms. The van der Waals surface area contributed by atoms with Crippen LogP contribution in [0.3, 0.4) is 0 Å². The predicted molar refractivity (Wildman–Crippen MR) is 71.8 cm³/mol. The van der Waals surface area contributed by atoms with E-state index >= 15 is 0 Å². The molecule has 0 bridgehead atoms. The van der Waals surface area contributed by atoms with Gasteiger partial charge in [-0.3, -0.25) is 5.43 Å². The molecule has 0 saturated carbocycles. The second-order valence-corrected chi connectivity index (χ2v) is 4.97. The second-order valence-electron chi connectivity index (χ2n) is 3.14. The largest absolute Gasteiger partial charge is 0.369 e. The smallest absolute Gasteiger partial charge is 0.239 e. The zero-order valence-electron chi connectivity index (χ0n) is 8.85. The summed E-state index contributed by atoms with van der Waals surface area (Å²) in [6.07, 6.45) is 4.31. The molecule has 0 atom stereocenters. The van der Waals surface area contributed by atoms with E-state index in [0.29, 0.717) is 11.8 Å². The zero-order valence-corrected chi connectivity index (χ0v) is 11.3. The molecule has 0 spiro atoms. The fraction of sp³-hybridized carbons (Fsp3) is 0.222. The van der Waals surface area contributed by atoms with Crippen molar-refractivity contribution in [1.82, 2.24) is 15.0 Å². The maximum Gasteiger partial charge on any atom is 0.239 e. The number of nitrogens with zero attached hydrogens (tertiary/aromatic N) is 3. The number of aromatic nitrogens is 3. The molecule has 90 valence electrons. The van der Waals surface area contributed by atoms with Gasteiger partial charge in [-0.05, 0) is 15.9 Å². The van der Waals surface area contributed by atoms with Crippen molar-refractivity contribution < 1.29 is 0 Å². The molecule has 0 saturated heterocycles. The lowest BCUT2D eigenvalue weighted by Gasteiger charge is -2.07. The number of halogens is 1. The molecule has 2 aromatic rings. The van der Waals surface area contributed by atoms with Crippen LogP contribution < -0.4 is 16.6 Å². The monoisotopic (exact) mass is 314 g/mol. The molecule has 2 aromatic heterocycles. The molecular formula is C9H11BrN6S. The Morgan fingerprint density at radius 3 is 3.00 bits per heavy atom. The second kappa shape index (κ2) is 5.89. The van der Waals surface area contributed by atoms with Gasteiger partial charge in [0.25, 0.3) is 0 Å². The van der Waals surface area contributed by atoms with Crippen LogP contribution in [0, 0.1) is 0 Å². The first-order chi connectivity index (χ1) is 8.29. The topological polar surface area (TPSA) is 88.8 Å². The van der Waals surface area contributed by atoms with E-state index in [9.17, 15) is 0 Å². The quantitative estimate of drug-likeness (QED) is 0.574. The van der Waals surface area contributed by atoms with Crippen LogP contribution in [-0.4, -0.2) is 21.5 Å². The maximum atomic E-state index is 5.25. The number of nitrogen functional groups attached to an aromatic ring is 1. The Balaban J connectivity index is 1.94. The summed E-state index contributed by atoms with van der Waals surface area (Å²) in [4.78, 5) is 12.4. The first-order valence-electron chi connectivity index (χ1n) is 4.91. The summed E-state index contributed by atoms with van der Waals surface area (Å²) >= 11 is 5.01. The Labute approximate surface area is 111 Å². The summed E-state index contributed by atoms with van der Waals surface area (Å²) in [5.41, 5.74) is 2.41. The lowest BCUT2D eigenvalue weighted by atomic mass is 10.4. The SMILES string of the molecule is NNc1ncc(Br)c(NCCc2nccs2)n1. The van der Waals surface area contributed by atoms with Crippen molar-refractivity contribution >= 4 is 39.0 Å². The average molecular weight is 315 g/mol. The van der Waals surface area contributed by atoms with Crippen molar-refractivity contribution in [2.24, 2.45) is 5.84 Å². The van der Waals surface area contributed by atoms with Crippen LogP contribution in [0.5, 0.6) is 0 Å². The molecule has 0 aliphatic carbocycles. The van der Waals surface area contributed by atoms with Gasteiger partial charge in [-0.1, -0.05) is 0 Å². The van der Waals surface area contributed by atoms with E-state index in [1.54, 1.807) is 23.7 Å². The van der Waals surface area contributed by atoms with Crippen LogP contribution in [0.4, 0.5) is 11.8 Å². The Bertz CT molecular complexity index is 474. The molecule has 0 aromatic carbocycles. The zero-order chi connectivity index (χ0) is 12.1. The number of thiazole rings is 1. The van der Waals surface area contributed by atoms with Gasteiger partial charge in [0.2, 0.25) is 5.95 Å². The van der Waals surface area contributed by atoms with Gasteiger partial charge in [-0.2, -0.15) is 4.98 Å². The number of nitrogens with two attached hydrogens (primary N) is 1. The minimum Gasteiger partial charge on any atom is -0.369 e. The van der Waals surface area contributed by atoms with Gasteiger partial charge >= 0.3 is 0 Å². The fourth-order valence-electron chi connectivity index (χ4n) is 1.22. The normalized spacial score (nSPS) is 10.2. The van der Waals surface area contributed by atoms with Crippen molar-refractivity contribution in [2.45, 2.75) is 6.42 Å². The first-order valence-corrected chi connectivity index (χ1v) is 6.58. The van der Waals surface area contributed by atoms with E-state index in [-0.39, 0.29) is 0 Å². The highest BCUT2D eigenvalue weighted by Crippen LogP contribution is 2.19. The highest BCUT2D eigenvalue weighted by molar-refractivity contribution is 9.10. The summed E-state index contributed by atoms with van der Waals surface area (Å²) < 4.78 is 0.802. The number of anilines is 2. The summed E-state index contributed by atoms with van der Waals surface area (Å²) in [5, 5.41) is 6.26. The van der Waals surface area contributed by atoms with E-state index in [1.165, 1.54) is 0 Å². The molecule has 0 fully saturated rings. The van der Waals surface area contributed by atoms with Gasteiger partial charge in [-0.15, -0.1) is 11.3 Å². The van der Waals surface area contributed by atoms with Gasteiger partial charge in [0, 0.05) is 30.7 Å². The van der Waals surface area contributed by atoms with Crippen molar-refractivity contribution in [3.63, 3.8) is 0 Å². The van der Waals surface area contributed by atoms with Crippen LogP contribution in [0.15, 0.2) is 22.2 Å². The van der Waals surface area contributed by atoms with Crippen molar-refractivity contribution in [2.75, 3.05) is 17.3 Å². The molecule has 2 heterocycles. The molecule has 0 amide bonds. The van der Waals surface area contributed by atoms with Crippen molar-refractivity contribution in [3.8, 4) is 0 Å². The first kappa shape index (κ1) is 12.2. The molecule has 17 heavy (non-hydrogen) atoms. The van der Waals surface area contributed by atoms with Crippen LogP contribution >= 0.6 is 27.3 Å². The molecular weight excluding hydrogens is 304 g/mol. The molecule has 0 aliphatic heterocycles. The number of hydrazine groups is 1. The van der Waals surface area contributed by atoms with Gasteiger partial charge in [0.1, 0.15) is 5.82 Å². The van der Waals surface area contributed by atoms with E-state index in [4.69, 9.17) is 5.84 Å². The Hall–Kier alpha value is -1.25. The minimum atomic E-state index is 0.380. The fourth-order valence-corrected chi connectivity index (χ4v) is 2.18. The molecule has 4 N–H and O–H groups in total. The molecule has 2 rings (SSSR count). The third-order valence-corrected chi connectivity index (χ3v) is 3.41. The predicted octanol–water partition coefficient (Wildman–Crippen LogP) is 1.64. The van der Waals surface area contributed by atoms with Gasteiger partial charge in [0.05, 0.1) is 9.48 Å². The lowest BCUT2D eigenvalue weighted by molar-refractivity contribution is 0.978. The number of rotatable bonds is 5. The number of nitrogens with one attached hydrogen (secondary N) is 2. The van der Waals surface area contributed by atoms with E-state index in [2.05, 4.69) is 41.6 Å². The molecule has 0 unspecified atom stereocenters. The molecule has 0 radical (unpaired) electrons. The third-order valence-electron chi connectivity index (χ3n) is 1.99. The van der Waals surface area contributed by atoms with Gasteiger partial charge < -0.3 is 5.32 Å². The Kier molecular flexibility index (Phi) is 4.24. The van der Waals surface area contributed by atoms with Crippen molar-refractivity contribution in [3.05, 3.63) is 27.3 Å². The maximum absolute atomic E-state index is 5.25. The lowest BCUT2D eigenvalue weighted by Crippen LogP contribution is -2.13. The summed E-state index contributed by atoms with van der Waals surface area (Å²) in [6, 6.07) is 0.